The molecule has 0 spiro atoms. The second-order valence-electron chi connectivity index (χ2n) is 7.53. The van der Waals surface area contributed by atoms with Gasteiger partial charge in [-0.15, -0.1) is 0 Å². The number of barbiturate groups is 1. The van der Waals surface area contributed by atoms with Gasteiger partial charge in [0.25, 0.3) is 11.8 Å². The van der Waals surface area contributed by atoms with Crippen molar-refractivity contribution >= 4 is 40.4 Å². The quantitative estimate of drug-likeness (QED) is 0.393. The largest absolute Gasteiger partial charge is 0.497 e. The van der Waals surface area contributed by atoms with Gasteiger partial charge in [0.15, 0.2) is 0 Å². The molecule has 174 valence electrons. The Morgan fingerprint density at radius 1 is 0.853 bits per heavy atom. The third-order valence-electron chi connectivity index (χ3n) is 5.60. The molecular weight excluding hydrogens is 436 g/mol. The molecule has 0 N–H and O–H groups in total. The second kappa shape index (κ2) is 9.76. The number of nitrogens with zero attached hydrogens (tertiary/aromatic N) is 2. The van der Waals surface area contributed by atoms with Crippen molar-refractivity contribution in [3.8, 4) is 11.5 Å². The molecule has 0 bridgehead atoms. The summed E-state index contributed by atoms with van der Waals surface area (Å²) in [6.07, 6.45) is 1.48. The van der Waals surface area contributed by atoms with Crippen LogP contribution in [-0.4, -0.2) is 57.2 Å². The van der Waals surface area contributed by atoms with Crippen molar-refractivity contribution in [3.05, 3.63) is 71.8 Å². The molecule has 0 aliphatic carbocycles. The number of fused-ring (bicyclic) bond motifs is 1. The summed E-state index contributed by atoms with van der Waals surface area (Å²) in [6, 6.07) is 16.9. The van der Waals surface area contributed by atoms with Crippen LogP contribution in [0.5, 0.6) is 11.5 Å². The molecule has 1 saturated heterocycles. The van der Waals surface area contributed by atoms with Gasteiger partial charge in [0.2, 0.25) is 0 Å². The fraction of sp³-hybridized carbons (Fsp3) is 0.192. The van der Waals surface area contributed by atoms with E-state index in [-0.39, 0.29) is 18.7 Å². The summed E-state index contributed by atoms with van der Waals surface area (Å²) in [4.78, 5) is 42.1. The number of imide groups is 2. The van der Waals surface area contributed by atoms with Crippen molar-refractivity contribution in [1.29, 1.82) is 0 Å². The Morgan fingerprint density at radius 3 is 2.26 bits per heavy atom. The van der Waals surface area contributed by atoms with Crippen LogP contribution in [0.4, 0.5) is 10.5 Å². The van der Waals surface area contributed by atoms with Crippen molar-refractivity contribution in [2.75, 3.05) is 39.4 Å². The van der Waals surface area contributed by atoms with Crippen LogP contribution < -0.4 is 14.4 Å². The van der Waals surface area contributed by atoms with Crippen LogP contribution in [0.3, 0.4) is 0 Å². The lowest BCUT2D eigenvalue weighted by Gasteiger charge is -2.33. The summed E-state index contributed by atoms with van der Waals surface area (Å²) in [5.41, 5.74) is 0.739. The van der Waals surface area contributed by atoms with E-state index in [1.165, 1.54) is 20.3 Å². The van der Waals surface area contributed by atoms with Crippen LogP contribution in [0.25, 0.3) is 16.8 Å². The number of hydrogen-bond acceptors (Lipinski definition) is 6. The zero-order valence-electron chi connectivity index (χ0n) is 19.1. The zero-order valence-corrected chi connectivity index (χ0v) is 19.1. The number of methoxy groups -OCH3 is 3. The number of urea groups is 1. The summed E-state index contributed by atoms with van der Waals surface area (Å²) in [5.74, 6) is -0.317. The van der Waals surface area contributed by atoms with Gasteiger partial charge in [0.05, 0.1) is 33.1 Å². The molecule has 4 rings (SSSR count). The number of anilines is 1. The molecule has 0 unspecified atom stereocenters. The monoisotopic (exact) mass is 460 g/mol. The Hall–Kier alpha value is -4.17. The van der Waals surface area contributed by atoms with Crippen LogP contribution in [0, 0.1) is 0 Å². The predicted octanol–water partition coefficient (Wildman–Crippen LogP) is 3.88. The Bertz CT molecular complexity index is 1280. The minimum Gasteiger partial charge on any atom is -0.497 e. The van der Waals surface area contributed by atoms with Crippen LogP contribution in [0.2, 0.25) is 0 Å². The molecule has 0 radical (unpaired) electrons. The number of amides is 4. The topological polar surface area (TPSA) is 85.4 Å². The molecule has 1 heterocycles. The molecule has 0 atom stereocenters. The van der Waals surface area contributed by atoms with Gasteiger partial charge in [-0.3, -0.25) is 14.5 Å². The Balaban J connectivity index is 1.92. The average molecular weight is 460 g/mol. The van der Waals surface area contributed by atoms with Crippen LogP contribution in [0.1, 0.15) is 5.56 Å². The van der Waals surface area contributed by atoms with Crippen molar-refractivity contribution in [3.63, 3.8) is 0 Å². The first-order chi connectivity index (χ1) is 16.5. The van der Waals surface area contributed by atoms with Gasteiger partial charge in [-0.2, -0.15) is 0 Å². The number of ether oxygens (including phenoxy) is 3. The third kappa shape index (κ3) is 4.11. The third-order valence-corrected chi connectivity index (χ3v) is 5.60. The normalized spacial score (nSPS) is 15.4. The lowest BCUT2D eigenvalue weighted by Crippen LogP contribution is -2.57. The number of benzene rings is 3. The molecule has 8 nitrogen and oxygen atoms in total. The van der Waals surface area contributed by atoms with Crippen molar-refractivity contribution in [2.45, 2.75) is 0 Å². The maximum Gasteiger partial charge on any atom is 0.338 e. The van der Waals surface area contributed by atoms with Crippen LogP contribution >= 0.6 is 0 Å². The number of rotatable bonds is 7. The first kappa shape index (κ1) is 23.0. The molecule has 4 amide bonds. The Morgan fingerprint density at radius 2 is 1.59 bits per heavy atom. The lowest BCUT2D eigenvalue weighted by molar-refractivity contribution is -0.129. The molecule has 3 aromatic rings. The van der Waals surface area contributed by atoms with Gasteiger partial charge in [-0.05, 0) is 47.2 Å². The number of hydrogen-bond donors (Lipinski definition) is 0. The van der Waals surface area contributed by atoms with Gasteiger partial charge in [-0.25, -0.2) is 9.69 Å². The van der Waals surface area contributed by atoms with E-state index in [2.05, 4.69) is 0 Å². The highest BCUT2D eigenvalue weighted by molar-refractivity contribution is 6.39. The zero-order chi connectivity index (χ0) is 24.2. The molecule has 1 aliphatic rings. The highest BCUT2D eigenvalue weighted by Gasteiger charge is 2.42. The predicted molar refractivity (Wildman–Crippen MR) is 128 cm³/mol. The Kier molecular flexibility index (Phi) is 6.60. The van der Waals surface area contributed by atoms with Gasteiger partial charge in [0, 0.05) is 12.7 Å². The highest BCUT2D eigenvalue weighted by atomic mass is 16.5. The van der Waals surface area contributed by atoms with Gasteiger partial charge in [0.1, 0.15) is 17.1 Å². The number of para-hydroxylation sites is 1. The SMILES string of the molecule is COCCN1C(=O)/C(=C/c2c(OC)ccc3ccc(OC)cc23)C(=O)N(c2ccccc2)C1=O. The van der Waals surface area contributed by atoms with Crippen molar-refractivity contribution < 1.29 is 28.6 Å². The molecule has 8 heteroatoms. The Labute approximate surface area is 196 Å². The van der Waals surface area contributed by atoms with Crippen molar-refractivity contribution in [1.82, 2.24) is 4.90 Å². The maximum atomic E-state index is 13.5. The van der Waals surface area contributed by atoms with Gasteiger partial charge < -0.3 is 14.2 Å². The molecule has 0 saturated carbocycles. The fourth-order valence-corrected chi connectivity index (χ4v) is 3.86. The summed E-state index contributed by atoms with van der Waals surface area (Å²) < 4.78 is 16.0. The van der Waals surface area contributed by atoms with Crippen LogP contribution in [-0.2, 0) is 14.3 Å². The van der Waals surface area contributed by atoms with Gasteiger partial charge in [-0.1, -0.05) is 30.3 Å². The number of carbonyl (C=O) groups excluding carboxylic acids is 3. The maximum absolute atomic E-state index is 13.5. The molecule has 0 aromatic heterocycles. The average Bonchev–Trinajstić information content (AvgIpc) is 2.86. The van der Waals surface area contributed by atoms with E-state index in [9.17, 15) is 14.4 Å². The van der Waals surface area contributed by atoms with E-state index in [1.807, 2.05) is 24.3 Å². The highest BCUT2D eigenvalue weighted by Crippen LogP contribution is 2.34. The summed E-state index contributed by atoms with van der Waals surface area (Å²) in [7, 11) is 4.55. The smallest absolute Gasteiger partial charge is 0.338 e. The summed E-state index contributed by atoms with van der Waals surface area (Å²) >= 11 is 0. The van der Waals surface area contributed by atoms with E-state index in [0.717, 1.165) is 20.6 Å². The summed E-state index contributed by atoms with van der Waals surface area (Å²) in [5, 5.41) is 1.61. The van der Waals surface area contributed by atoms with E-state index in [1.54, 1.807) is 43.5 Å². The minimum absolute atomic E-state index is 0.00259. The molecule has 1 aliphatic heterocycles. The van der Waals surface area contributed by atoms with E-state index in [4.69, 9.17) is 14.2 Å². The molecule has 1 fully saturated rings. The first-order valence-electron chi connectivity index (χ1n) is 10.6. The molecule has 3 aromatic carbocycles. The van der Waals surface area contributed by atoms with E-state index < -0.39 is 17.8 Å². The fourth-order valence-electron chi connectivity index (χ4n) is 3.86. The molecule has 34 heavy (non-hydrogen) atoms. The lowest BCUT2D eigenvalue weighted by atomic mass is 9.99. The van der Waals surface area contributed by atoms with E-state index in [0.29, 0.717) is 22.7 Å². The van der Waals surface area contributed by atoms with E-state index >= 15 is 0 Å². The van der Waals surface area contributed by atoms with Crippen molar-refractivity contribution in [2.24, 2.45) is 0 Å². The standard InChI is InChI=1S/C26H24N2O6/c1-32-14-13-27-24(29)22(25(30)28(26(27)31)18-7-5-4-6-8-18)16-21-20-15-19(33-2)11-9-17(20)10-12-23(21)34-3/h4-12,15-16H,13-14H2,1-3H3/b22-16-. The first-order valence-corrected chi connectivity index (χ1v) is 10.6. The number of carbonyl (C=O) groups is 3. The van der Waals surface area contributed by atoms with Crippen LogP contribution in [0.15, 0.2) is 66.2 Å². The molecular formula is C26H24N2O6. The summed E-state index contributed by atoms with van der Waals surface area (Å²) in [6.45, 7) is 0.138. The van der Waals surface area contributed by atoms with Gasteiger partial charge >= 0.3 is 6.03 Å². The minimum atomic E-state index is -0.720. The second-order valence-corrected chi connectivity index (χ2v) is 7.53.